The van der Waals surface area contributed by atoms with Crippen LogP contribution < -0.4 is 5.32 Å². The predicted molar refractivity (Wildman–Crippen MR) is 88.8 cm³/mol. The molecule has 0 saturated heterocycles. The zero-order valence-electron chi connectivity index (χ0n) is 14.4. The molecule has 5 heteroatoms. The van der Waals surface area contributed by atoms with Crippen LogP contribution in [0.1, 0.15) is 50.4 Å². The Hall–Kier alpha value is -1.36. The lowest BCUT2D eigenvalue weighted by molar-refractivity contribution is -0.126. The number of nitrogens with zero attached hydrogens (tertiary/aromatic N) is 3. The van der Waals surface area contributed by atoms with Crippen molar-refractivity contribution >= 4 is 5.91 Å². The van der Waals surface area contributed by atoms with Crippen LogP contribution in [0.15, 0.2) is 6.07 Å². The Morgan fingerprint density at radius 1 is 1.45 bits per heavy atom. The van der Waals surface area contributed by atoms with E-state index in [9.17, 15) is 4.79 Å². The molecule has 1 aromatic rings. The highest BCUT2D eigenvalue weighted by Crippen LogP contribution is 2.17. The molecule has 0 aliphatic heterocycles. The van der Waals surface area contributed by atoms with Gasteiger partial charge < -0.3 is 5.32 Å². The molecule has 0 aromatic carbocycles. The number of likely N-dealkylation sites (N-methyl/N-ethyl adjacent to an activating group) is 1. The summed E-state index contributed by atoms with van der Waals surface area (Å²) in [5.74, 6) is 0.167. The quantitative estimate of drug-likeness (QED) is 0.841. The molecule has 1 aliphatic carbocycles. The second-order valence-corrected chi connectivity index (χ2v) is 6.65. The van der Waals surface area contributed by atoms with E-state index in [0.717, 1.165) is 38.0 Å². The number of hydrogen-bond donors (Lipinski definition) is 1. The largest absolute Gasteiger partial charge is 0.352 e. The summed E-state index contributed by atoms with van der Waals surface area (Å²) in [4.78, 5) is 14.4. The van der Waals surface area contributed by atoms with Gasteiger partial charge in [-0.1, -0.05) is 12.8 Å². The fourth-order valence-electron chi connectivity index (χ4n) is 3.16. The van der Waals surface area contributed by atoms with Gasteiger partial charge >= 0.3 is 0 Å². The van der Waals surface area contributed by atoms with Crippen LogP contribution in [0.5, 0.6) is 0 Å². The molecule has 0 spiro atoms. The van der Waals surface area contributed by atoms with Crippen LogP contribution in [-0.2, 0) is 11.3 Å². The molecule has 1 aromatic heterocycles. The van der Waals surface area contributed by atoms with Gasteiger partial charge in [-0.2, -0.15) is 5.10 Å². The van der Waals surface area contributed by atoms with Crippen molar-refractivity contribution in [1.29, 1.82) is 0 Å². The molecular formula is C17H30N4O. The standard InChI is InChI=1S/C17H30N4O/c1-13-12-14(2)21(19-13)11-7-10-20(4)15(3)17(22)18-16-8-5-6-9-16/h12,15-16H,5-11H2,1-4H3,(H,18,22)/t15-/m0/s1. The summed E-state index contributed by atoms with van der Waals surface area (Å²) in [6.07, 6.45) is 5.77. The summed E-state index contributed by atoms with van der Waals surface area (Å²) in [7, 11) is 2.03. The lowest BCUT2D eigenvalue weighted by atomic mass is 10.2. The number of aryl methyl sites for hydroxylation is 3. The zero-order chi connectivity index (χ0) is 16.1. The normalized spacial score (nSPS) is 17.1. The number of rotatable bonds is 7. The third-order valence-corrected chi connectivity index (χ3v) is 4.73. The number of carbonyl (C=O) groups excluding carboxylic acids is 1. The van der Waals surface area contributed by atoms with E-state index in [0.29, 0.717) is 6.04 Å². The first-order chi connectivity index (χ1) is 10.5. The number of nitrogens with one attached hydrogen (secondary N) is 1. The fourth-order valence-corrected chi connectivity index (χ4v) is 3.16. The molecule has 1 aliphatic rings. The van der Waals surface area contributed by atoms with Crippen LogP contribution in [0.4, 0.5) is 0 Å². The predicted octanol–water partition coefficient (Wildman–Crippen LogP) is 2.27. The van der Waals surface area contributed by atoms with Crippen molar-refractivity contribution in [1.82, 2.24) is 20.0 Å². The fraction of sp³-hybridized carbons (Fsp3) is 0.765. The Kier molecular flexibility index (Phi) is 6.00. The molecule has 124 valence electrons. The molecule has 2 rings (SSSR count). The molecule has 1 N–H and O–H groups in total. The molecule has 0 unspecified atom stereocenters. The Balaban J connectivity index is 1.72. The van der Waals surface area contributed by atoms with E-state index in [1.54, 1.807) is 0 Å². The van der Waals surface area contributed by atoms with Gasteiger partial charge in [0.15, 0.2) is 0 Å². The van der Waals surface area contributed by atoms with Gasteiger partial charge in [0.2, 0.25) is 5.91 Å². The van der Waals surface area contributed by atoms with Crippen LogP contribution >= 0.6 is 0 Å². The Bertz CT molecular complexity index is 491. The first kappa shape index (κ1) is 17.0. The van der Waals surface area contributed by atoms with Gasteiger partial charge in [0.05, 0.1) is 11.7 Å². The minimum atomic E-state index is -0.0685. The summed E-state index contributed by atoms with van der Waals surface area (Å²) in [5.41, 5.74) is 2.27. The third kappa shape index (κ3) is 4.57. The number of carbonyl (C=O) groups is 1. The summed E-state index contributed by atoms with van der Waals surface area (Å²) in [5, 5.41) is 7.66. The van der Waals surface area contributed by atoms with Crippen molar-refractivity contribution in [3.05, 3.63) is 17.5 Å². The highest BCUT2D eigenvalue weighted by molar-refractivity contribution is 5.81. The molecule has 5 nitrogen and oxygen atoms in total. The maximum Gasteiger partial charge on any atom is 0.237 e. The van der Waals surface area contributed by atoms with Crippen molar-refractivity contribution in [2.45, 2.75) is 71.5 Å². The van der Waals surface area contributed by atoms with Crippen LogP contribution in [0, 0.1) is 13.8 Å². The van der Waals surface area contributed by atoms with E-state index in [1.807, 2.05) is 25.6 Å². The van der Waals surface area contributed by atoms with Crippen molar-refractivity contribution in [2.24, 2.45) is 0 Å². The van der Waals surface area contributed by atoms with Gasteiger partial charge in [0.25, 0.3) is 0 Å². The van der Waals surface area contributed by atoms with E-state index < -0.39 is 0 Å². The van der Waals surface area contributed by atoms with Gasteiger partial charge in [-0.05, 0) is 53.1 Å². The third-order valence-electron chi connectivity index (χ3n) is 4.73. The van der Waals surface area contributed by atoms with E-state index in [2.05, 4.69) is 28.3 Å². The van der Waals surface area contributed by atoms with Gasteiger partial charge in [-0.3, -0.25) is 14.4 Å². The maximum absolute atomic E-state index is 12.3. The van der Waals surface area contributed by atoms with Crippen molar-refractivity contribution in [3.8, 4) is 0 Å². The van der Waals surface area contributed by atoms with Gasteiger partial charge in [-0.25, -0.2) is 0 Å². The topological polar surface area (TPSA) is 50.2 Å². The van der Waals surface area contributed by atoms with Gasteiger partial charge in [-0.15, -0.1) is 0 Å². The number of hydrogen-bond acceptors (Lipinski definition) is 3. The average Bonchev–Trinajstić information content (AvgIpc) is 3.08. The molecule has 1 saturated carbocycles. The summed E-state index contributed by atoms with van der Waals surface area (Å²) >= 11 is 0. The van der Waals surface area contributed by atoms with E-state index in [-0.39, 0.29) is 11.9 Å². The van der Waals surface area contributed by atoms with Gasteiger partial charge in [0.1, 0.15) is 0 Å². The van der Waals surface area contributed by atoms with Crippen molar-refractivity contribution < 1.29 is 4.79 Å². The molecule has 22 heavy (non-hydrogen) atoms. The zero-order valence-corrected chi connectivity index (χ0v) is 14.4. The van der Waals surface area contributed by atoms with Crippen LogP contribution in [0.25, 0.3) is 0 Å². The SMILES string of the molecule is Cc1cc(C)n(CCCN(C)[C@@H](C)C(=O)NC2CCCC2)n1. The van der Waals surface area contributed by atoms with Crippen molar-refractivity contribution in [3.63, 3.8) is 0 Å². The monoisotopic (exact) mass is 306 g/mol. The van der Waals surface area contributed by atoms with Crippen molar-refractivity contribution in [2.75, 3.05) is 13.6 Å². The lowest BCUT2D eigenvalue weighted by Gasteiger charge is -2.25. The van der Waals surface area contributed by atoms with E-state index in [4.69, 9.17) is 0 Å². The van der Waals surface area contributed by atoms with Crippen LogP contribution in [0.3, 0.4) is 0 Å². The van der Waals surface area contributed by atoms with E-state index >= 15 is 0 Å². The summed E-state index contributed by atoms with van der Waals surface area (Å²) in [6, 6.07) is 2.43. The Morgan fingerprint density at radius 2 is 2.14 bits per heavy atom. The molecule has 1 fully saturated rings. The smallest absolute Gasteiger partial charge is 0.237 e. The second-order valence-electron chi connectivity index (χ2n) is 6.65. The average molecular weight is 306 g/mol. The minimum Gasteiger partial charge on any atom is -0.352 e. The Labute approximate surface area is 134 Å². The maximum atomic E-state index is 12.3. The molecular weight excluding hydrogens is 276 g/mol. The number of aromatic nitrogens is 2. The van der Waals surface area contributed by atoms with Crippen LogP contribution in [0.2, 0.25) is 0 Å². The molecule has 0 bridgehead atoms. The highest BCUT2D eigenvalue weighted by atomic mass is 16.2. The van der Waals surface area contributed by atoms with E-state index in [1.165, 1.54) is 18.5 Å². The second kappa shape index (κ2) is 7.77. The summed E-state index contributed by atoms with van der Waals surface area (Å²) in [6.45, 7) is 7.90. The minimum absolute atomic E-state index is 0.0685. The molecule has 1 atom stereocenters. The first-order valence-corrected chi connectivity index (χ1v) is 8.49. The Morgan fingerprint density at radius 3 is 2.73 bits per heavy atom. The molecule has 1 heterocycles. The van der Waals surface area contributed by atoms with Gasteiger partial charge in [0, 0.05) is 24.8 Å². The molecule has 1 amide bonds. The lowest BCUT2D eigenvalue weighted by Crippen LogP contribution is -2.46. The highest BCUT2D eigenvalue weighted by Gasteiger charge is 2.22. The molecule has 0 radical (unpaired) electrons. The summed E-state index contributed by atoms with van der Waals surface area (Å²) < 4.78 is 2.05. The first-order valence-electron chi connectivity index (χ1n) is 8.49. The van der Waals surface area contributed by atoms with Crippen LogP contribution in [-0.4, -0.2) is 46.3 Å². The number of amides is 1.